The minimum atomic E-state index is 0. The van der Waals surface area contributed by atoms with E-state index in [1.807, 2.05) is 6.07 Å². The highest BCUT2D eigenvalue weighted by molar-refractivity contribution is 14.0. The fourth-order valence-electron chi connectivity index (χ4n) is 1.68. The Morgan fingerprint density at radius 1 is 1.05 bits per heavy atom. The molecule has 120 valence electrons. The molecular weight excluding hydrogens is 381 g/mol. The number of nitrogens with one attached hydrogen (secondary N) is 2. The molecule has 21 heavy (non-hydrogen) atoms. The maximum absolute atomic E-state index is 5.37. The Labute approximate surface area is 144 Å². The van der Waals surface area contributed by atoms with Crippen LogP contribution in [0, 0.1) is 0 Å². The van der Waals surface area contributed by atoms with Crippen molar-refractivity contribution in [1.29, 1.82) is 0 Å². The third-order valence-corrected chi connectivity index (χ3v) is 2.74. The number of rotatable bonds is 9. The summed E-state index contributed by atoms with van der Waals surface area (Å²) in [7, 11) is 3.43. The molecule has 0 heterocycles. The molecule has 0 aromatic heterocycles. The summed E-state index contributed by atoms with van der Waals surface area (Å²) in [5.41, 5.74) is 1.32. The van der Waals surface area contributed by atoms with Crippen molar-refractivity contribution in [2.24, 2.45) is 4.99 Å². The molecule has 0 aliphatic rings. The second-order valence-corrected chi connectivity index (χ2v) is 4.27. The van der Waals surface area contributed by atoms with Crippen LogP contribution in [0.2, 0.25) is 0 Å². The Morgan fingerprint density at radius 2 is 1.76 bits per heavy atom. The van der Waals surface area contributed by atoms with E-state index in [-0.39, 0.29) is 24.0 Å². The lowest BCUT2D eigenvalue weighted by Crippen LogP contribution is -2.39. The minimum Gasteiger partial charge on any atom is -0.382 e. The van der Waals surface area contributed by atoms with Crippen LogP contribution in [0.5, 0.6) is 0 Å². The Balaban J connectivity index is 0.00000400. The van der Waals surface area contributed by atoms with Gasteiger partial charge in [-0.1, -0.05) is 30.3 Å². The largest absolute Gasteiger partial charge is 0.382 e. The van der Waals surface area contributed by atoms with E-state index >= 15 is 0 Å². The number of hydrogen-bond acceptors (Lipinski definition) is 3. The smallest absolute Gasteiger partial charge is 0.191 e. The highest BCUT2D eigenvalue weighted by atomic mass is 127. The molecule has 1 aromatic rings. The Hall–Kier alpha value is -0.860. The standard InChI is InChI=1S/C15H25N3O2.HI/c1-16-15(18-10-11-20-13-12-19-2)17-9-8-14-6-4-3-5-7-14;/h3-7H,8-13H2,1-2H3,(H2,16,17,18);1H. The van der Waals surface area contributed by atoms with Gasteiger partial charge in [-0.2, -0.15) is 0 Å². The van der Waals surface area contributed by atoms with Crippen LogP contribution >= 0.6 is 24.0 Å². The molecule has 0 saturated heterocycles. The van der Waals surface area contributed by atoms with Crippen molar-refractivity contribution in [3.8, 4) is 0 Å². The lowest BCUT2D eigenvalue weighted by atomic mass is 10.1. The van der Waals surface area contributed by atoms with Gasteiger partial charge in [-0.15, -0.1) is 24.0 Å². The molecule has 0 bridgehead atoms. The zero-order valence-corrected chi connectivity index (χ0v) is 15.1. The number of methoxy groups -OCH3 is 1. The van der Waals surface area contributed by atoms with Crippen molar-refractivity contribution < 1.29 is 9.47 Å². The van der Waals surface area contributed by atoms with Gasteiger partial charge in [-0.3, -0.25) is 4.99 Å². The predicted octanol–water partition coefficient (Wildman–Crippen LogP) is 1.68. The quantitative estimate of drug-likeness (QED) is 0.283. The first kappa shape index (κ1) is 20.1. The van der Waals surface area contributed by atoms with Crippen LogP contribution in [0.15, 0.2) is 35.3 Å². The highest BCUT2D eigenvalue weighted by Gasteiger charge is 1.97. The molecule has 0 radical (unpaired) electrons. The SMILES string of the molecule is CN=C(NCCOCCOC)NCCc1ccccc1.I. The molecule has 1 aromatic carbocycles. The van der Waals surface area contributed by atoms with Gasteiger partial charge in [0.1, 0.15) is 0 Å². The summed E-state index contributed by atoms with van der Waals surface area (Å²) in [5, 5.41) is 6.48. The number of halogens is 1. The molecule has 0 saturated carbocycles. The normalized spacial score (nSPS) is 10.9. The summed E-state index contributed by atoms with van der Waals surface area (Å²) in [6, 6.07) is 10.4. The van der Waals surface area contributed by atoms with Crippen LogP contribution in [-0.4, -0.2) is 53.0 Å². The van der Waals surface area contributed by atoms with Crippen molar-refractivity contribution in [2.45, 2.75) is 6.42 Å². The average molecular weight is 407 g/mol. The second-order valence-electron chi connectivity index (χ2n) is 4.27. The second kappa shape index (κ2) is 14.1. The summed E-state index contributed by atoms with van der Waals surface area (Å²) in [6.07, 6.45) is 0.978. The number of hydrogen-bond donors (Lipinski definition) is 2. The summed E-state index contributed by atoms with van der Waals surface area (Å²) in [4.78, 5) is 4.17. The summed E-state index contributed by atoms with van der Waals surface area (Å²) < 4.78 is 10.3. The number of aliphatic imine (C=N–C) groups is 1. The van der Waals surface area contributed by atoms with Gasteiger partial charge in [0.25, 0.3) is 0 Å². The van der Waals surface area contributed by atoms with Crippen LogP contribution in [-0.2, 0) is 15.9 Å². The van der Waals surface area contributed by atoms with E-state index in [1.165, 1.54) is 5.56 Å². The van der Waals surface area contributed by atoms with Crippen LogP contribution < -0.4 is 10.6 Å². The van der Waals surface area contributed by atoms with Crippen LogP contribution in [0.4, 0.5) is 0 Å². The van der Waals surface area contributed by atoms with Gasteiger partial charge in [-0.25, -0.2) is 0 Å². The van der Waals surface area contributed by atoms with Crippen LogP contribution in [0.3, 0.4) is 0 Å². The Kier molecular flexibility index (Phi) is 13.5. The number of ether oxygens (including phenoxy) is 2. The zero-order valence-electron chi connectivity index (χ0n) is 12.8. The molecule has 2 N–H and O–H groups in total. The first-order chi connectivity index (χ1) is 9.86. The minimum absolute atomic E-state index is 0. The molecule has 0 aliphatic heterocycles. The monoisotopic (exact) mass is 407 g/mol. The van der Waals surface area contributed by atoms with Crippen LogP contribution in [0.1, 0.15) is 5.56 Å². The maximum Gasteiger partial charge on any atom is 0.191 e. The number of benzene rings is 1. The lowest BCUT2D eigenvalue weighted by Gasteiger charge is -2.12. The van der Waals surface area contributed by atoms with Crippen molar-refractivity contribution >= 4 is 29.9 Å². The van der Waals surface area contributed by atoms with E-state index in [1.54, 1.807) is 14.2 Å². The van der Waals surface area contributed by atoms with Gasteiger partial charge in [-0.05, 0) is 12.0 Å². The molecule has 0 unspecified atom stereocenters. The van der Waals surface area contributed by atoms with Crippen molar-refractivity contribution in [2.75, 3.05) is 47.1 Å². The number of guanidine groups is 1. The fraction of sp³-hybridized carbons (Fsp3) is 0.533. The molecule has 5 nitrogen and oxygen atoms in total. The van der Waals surface area contributed by atoms with Gasteiger partial charge in [0.2, 0.25) is 0 Å². The Bertz CT molecular complexity index is 374. The van der Waals surface area contributed by atoms with Crippen molar-refractivity contribution in [1.82, 2.24) is 10.6 Å². The van der Waals surface area contributed by atoms with Crippen molar-refractivity contribution in [3.05, 3.63) is 35.9 Å². The summed E-state index contributed by atoms with van der Waals surface area (Å²) in [6.45, 7) is 3.48. The molecule has 0 fully saturated rings. The summed E-state index contributed by atoms with van der Waals surface area (Å²) >= 11 is 0. The van der Waals surface area contributed by atoms with Gasteiger partial charge in [0.15, 0.2) is 5.96 Å². The topological polar surface area (TPSA) is 54.9 Å². The first-order valence-corrected chi connectivity index (χ1v) is 6.92. The van der Waals surface area contributed by atoms with E-state index in [4.69, 9.17) is 9.47 Å². The van der Waals surface area contributed by atoms with Gasteiger partial charge < -0.3 is 20.1 Å². The van der Waals surface area contributed by atoms with E-state index in [9.17, 15) is 0 Å². The summed E-state index contributed by atoms with van der Waals surface area (Å²) in [5.74, 6) is 0.802. The van der Waals surface area contributed by atoms with Gasteiger partial charge in [0.05, 0.1) is 19.8 Å². The Morgan fingerprint density at radius 3 is 2.43 bits per heavy atom. The van der Waals surface area contributed by atoms with E-state index in [2.05, 4.69) is 39.9 Å². The third-order valence-electron chi connectivity index (χ3n) is 2.74. The maximum atomic E-state index is 5.37. The molecule has 0 spiro atoms. The number of nitrogens with zero attached hydrogens (tertiary/aromatic N) is 1. The van der Waals surface area contributed by atoms with Crippen LogP contribution in [0.25, 0.3) is 0 Å². The molecule has 0 atom stereocenters. The molecule has 0 amide bonds. The molecular formula is C15H26IN3O2. The highest BCUT2D eigenvalue weighted by Crippen LogP contribution is 1.97. The first-order valence-electron chi connectivity index (χ1n) is 6.92. The van der Waals surface area contributed by atoms with Crippen molar-refractivity contribution in [3.63, 3.8) is 0 Å². The van der Waals surface area contributed by atoms with E-state index < -0.39 is 0 Å². The van der Waals surface area contributed by atoms with Gasteiger partial charge in [0, 0.05) is 27.2 Å². The molecule has 6 heteroatoms. The lowest BCUT2D eigenvalue weighted by molar-refractivity contribution is 0.0733. The zero-order chi connectivity index (χ0) is 14.5. The molecule has 1 rings (SSSR count). The van der Waals surface area contributed by atoms with E-state index in [0.29, 0.717) is 19.8 Å². The predicted molar refractivity (Wildman–Crippen MR) is 97.6 cm³/mol. The van der Waals surface area contributed by atoms with E-state index in [0.717, 1.165) is 25.5 Å². The average Bonchev–Trinajstić information content (AvgIpc) is 2.50. The van der Waals surface area contributed by atoms with Gasteiger partial charge >= 0.3 is 0 Å². The third kappa shape index (κ3) is 10.5. The molecule has 0 aliphatic carbocycles. The fourth-order valence-corrected chi connectivity index (χ4v) is 1.68.